The third-order valence-corrected chi connectivity index (χ3v) is 2.83. The molecule has 2 heterocycles. The SMILES string of the molecule is O=C(Nc1ncc(Br)s1)c1ccn[nH]1. The van der Waals surface area contributed by atoms with Crippen LogP contribution < -0.4 is 5.32 Å². The standard InChI is InChI=1S/C7H5BrN4OS/c8-5-3-9-7(14-5)11-6(13)4-1-2-10-12-4/h1-3H,(H,10,12)(H,9,11,13). The van der Waals surface area contributed by atoms with Gasteiger partial charge in [-0.2, -0.15) is 5.10 Å². The van der Waals surface area contributed by atoms with Crippen molar-refractivity contribution < 1.29 is 4.79 Å². The minimum absolute atomic E-state index is 0.246. The molecule has 72 valence electrons. The zero-order valence-corrected chi connectivity index (χ0v) is 9.22. The Labute approximate surface area is 91.7 Å². The van der Waals surface area contributed by atoms with Gasteiger partial charge in [-0.25, -0.2) is 4.98 Å². The molecule has 14 heavy (non-hydrogen) atoms. The number of carbonyl (C=O) groups excluding carboxylic acids is 1. The zero-order chi connectivity index (χ0) is 9.97. The highest BCUT2D eigenvalue weighted by atomic mass is 79.9. The van der Waals surface area contributed by atoms with E-state index >= 15 is 0 Å². The number of aromatic nitrogens is 3. The smallest absolute Gasteiger partial charge is 0.275 e. The summed E-state index contributed by atoms with van der Waals surface area (Å²) in [5.41, 5.74) is 0.413. The van der Waals surface area contributed by atoms with Gasteiger partial charge in [0.15, 0.2) is 5.13 Å². The number of hydrogen-bond donors (Lipinski definition) is 2. The molecular weight excluding hydrogens is 268 g/mol. The number of rotatable bonds is 2. The number of halogens is 1. The number of anilines is 1. The molecule has 2 rings (SSSR count). The van der Waals surface area contributed by atoms with Gasteiger partial charge in [-0.15, -0.1) is 0 Å². The van der Waals surface area contributed by atoms with Crippen molar-refractivity contribution in [2.24, 2.45) is 0 Å². The number of carbonyl (C=O) groups is 1. The molecule has 0 aliphatic heterocycles. The molecule has 0 unspecified atom stereocenters. The number of nitrogens with zero attached hydrogens (tertiary/aromatic N) is 2. The maximum Gasteiger partial charge on any atom is 0.275 e. The molecule has 0 atom stereocenters. The number of H-pyrrole nitrogens is 1. The largest absolute Gasteiger partial charge is 0.296 e. The van der Waals surface area contributed by atoms with Crippen LogP contribution in [0, 0.1) is 0 Å². The predicted octanol–water partition coefficient (Wildman–Crippen LogP) is 1.88. The van der Waals surface area contributed by atoms with E-state index in [2.05, 4.69) is 36.4 Å². The number of thiazole rings is 1. The fraction of sp³-hybridized carbons (Fsp3) is 0. The number of amides is 1. The molecule has 0 spiro atoms. The molecule has 5 nitrogen and oxygen atoms in total. The van der Waals surface area contributed by atoms with Gasteiger partial charge in [0.2, 0.25) is 0 Å². The van der Waals surface area contributed by atoms with Crippen molar-refractivity contribution in [1.82, 2.24) is 15.2 Å². The van der Waals surface area contributed by atoms with E-state index in [4.69, 9.17) is 0 Å². The van der Waals surface area contributed by atoms with Crippen LogP contribution in [0.5, 0.6) is 0 Å². The summed E-state index contributed by atoms with van der Waals surface area (Å²) >= 11 is 4.61. The van der Waals surface area contributed by atoms with E-state index < -0.39 is 0 Å². The second-order valence-corrected chi connectivity index (χ2v) is 4.80. The first-order valence-corrected chi connectivity index (χ1v) is 5.29. The van der Waals surface area contributed by atoms with Crippen LogP contribution >= 0.6 is 27.3 Å². The first-order chi connectivity index (χ1) is 6.75. The van der Waals surface area contributed by atoms with E-state index in [9.17, 15) is 4.79 Å². The second kappa shape index (κ2) is 3.89. The minimum atomic E-state index is -0.246. The molecule has 2 aromatic rings. The Bertz CT molecular complexity index is 438. The summed E-state index contributed by atoms with van der Waals surface area (Å²) in [7, 11) is 0. The lowest BCUT2D eigenvalue weighted by Gasteiger charge is -1.96. The summed E-state index contributed by atoms with van der Waals surface area (Å²) in [6.07, 6.45) is 3.15. The van der Waals surface area contributed by atoms with Crippen LogP contribution in [0.4, 0.5) is 5.13 Å². The van der Waals surface area contributed by atoms with E-state index in [1.807, 2.05) is 0 Å². The van der Waals surface area contributed by atoms with E-state index in [1.54, 1.807) is 12.3 Å². The number of hydrogen-bond acceptors (Lipinski definition) is 4. The molecule has 1 amide bonds. The Hall–Kier alpha value is -1.21. The van der Waals surface area contributed by atoms with Crippen LogP contribution in [0.3, 0.4) is 0 Å². The quantitative estimate of drug-likeness (QED) is 0.877. The molecule has 0 aliphatic rings. The van der Waals surface area contributed by atoms with Crippen LogP contribution in [-0.2, 0) is 0 Å². The topological polar surface area (TPSA) is 70.7 Å². The Balaban J connectivity index is 2.09. The number of nitrogens with one attached hydrogen (secondary N) is 2. The van der Waals surface area contributed by atoms with Crippen molar-refractivity contribution in [3.05, 3.63) is 27.9 Å². The van der Waals surface area contributed by atoms with E-state index in [1.165, 1.54) is 17.5 Å². The first kappa shape index (κ1) is 9.35. The van der Waals surface area contributed by atoms with Gasteiger partial charge in [-0.3, -0.25) is 15.2 Å². The summed E-state index contributed by atoms with van der Waals surface area (Å²) < 4.78 is 0.873. The van der Waals surface area contributed by atoms with Gasteiger partial charge in [0.05, 0.1) is 9.98 Å². The van der Waals surface area contributed by atoms with Gasteiger partial charge in [0.25, 0.3) is 5.91 Å². The Morgan fingerprint density at radius 3 is 3.07 bits per heavy atom. The molecule has 0 fully saturated rings. The van der Waals surface area contributed by atoms with Crippen LogP contribution in [0.1, 0.15) is 10.5 Å². The molecule has 7 heteroatoms. The van der Waals surface area contributed by atoms with Crippen LogP contribution in [-0.4, -0.2) is 21.1 Å². The van der Waals surface area contributed by atoms with Crippen LogP contribution in [0.2, 0.25) is 0 Å². The van der Waals surface area contributed by atoms with E-state index in [-0.39, 0.29) is 5.91 Å². The first-order valence-electron chi connectivity index (χ1n) is 3.68. The Morgan fingerprint density at radius 2 is 2.50 bits per heavy atom. The van der Waals surface area contributed by atoms with Gasteiger partial charge < -0.3 is 0 Å². The van der Waals surface area contributed by atoms with Gasteiger partial charge in [0.1, 0.15) is 5.69 Å². The monoisotopic (exact) mass is 272 g/mol. The van der Waals surface area contributed by atoms with Crippen molar-refractivity contribution in [2.45, 2.75) is 0 Å². The Morgan fingerprint density at radius 1 is 1.64 bits per heavy atom. The summed E-state index contributed by atoms with van der Waals surface area (Å²) in [6, 6.07) is 1.60. The lowest BCUT2D eigenvalue weighted by molar-refractivity contribution is 0.102. The molecule has 2 aromatic heterocycles. The minimum Gasteiger partial charge on any atom is -0.296 e. The highest BCUT2D eigenvalue weighted by molar-refractivity contribution is 9.11. The molecule has 0 radical (unpaired) electrons. The van der Waals surface area contributed by atoms with Gasteiger partial charge in [0, 0.05) is 6.20 Å². The fourth-order valence-corrected chi connectivity index (χ4v) is 1.96. The van der Waals surface area contributed by atoms with Crippen molar-refractivity contribution in [3.63, 3.8) is 0 Å². The zero-order valence-electron chi connectivity index (χ0n) is 6.82. The fourth-order valence-electron chi connectivity index (χ4n) is 0.859. The molecular formula is C7H5BrN4OS. The number of aromatic amines is 1. The molecule has 0 saturated heterocycles. The van der Waals surface area contributed by atoms with E-state index in [0.29, 0.717) is 10.8 Å². The maximum atomic E-state index is 11.5. The second-order valence-electron chi connectivity index (χ2n) is 2.39. The molecule has 0 saturated carbocycles. The molecule has 2 N–H and O–H groups in total. The third kappa shape index (κ3) is 1.99. The average molecular weight is 273 g/mol. The highest BCUT2D eigenvalue weighted by Crippen LogP contribution is 2.23. The summed E-state index contributed by atoms with van der Waals surface area (Å²) in [6.45, 7) is 0. The lowest BCUT2D eigenvalue weighted by Crippen LogP contribution is -2.11. The van der Waals surface area contributed by atoms with Crippen molar-refractivity contribution >= 4 is 38.3 Å². The van der Waals surface area contributed by atoms with Crippen molar-refractivity contribution in [2.75, 3.05) is 5.32 Å². The van der Waals surface area contributed by atoms with E-state index in [0.717, 1.165) is 3.79 Å². The summed E-state index contributed by atoms with van der Waals surface area (Å²) in [4.78, 5) is 15.4. The average Bonchev–Trinajstić information content (AvgIpc) is 2.75. The van der Waals surface area contributed by atoms with Crippen LogP contribution in [0.25, 0.3) is 0 Å². The predicted molar refractivity (Wildman–Crippen MR) is 56.4 cm³/mol. The summed E-state index contributed by atoms with van der Waals surface area (Å²) in [5.74, 6) is -0.246. The molecule has 0 aliphatic carbocycles. The van der Waals surface area contributed by atoms with Crippen LogP contribution in [0.15, 0.2) is 22.2 Å². The van der Waals surface area contributed by atoms with Gasteiger partial charge >= 0.3 is 0 Å². The lowest BCUT2D eigenvalue weighted by atomic mass is 10.4. The van der Waals surface area contributed by atoms with Gasteiger partial charge in [-0.05, 0) is 22.0 Å². The molecule has 0 aromatic carbocycles. The molecule has 0 bridgehead atoms. The van der Waals surface area contributed by atoms with Crippen molar-refractivity contribution in [1.29, 1.82) is 0 Å². The highest BCUT2D eigenvalue weighted by Gasteiger charge is 2.08. The third-order valence-electron chi connectivity index (χ3n) is 1.44. The summed E-state index contributed by atoms with van der Waals surface area (Å²) in [5, 5.41) is 9.43. The normalized spacial score (nSPS) is 10.1. The maximum absolute atomic E-state index is 11.5. The van der Waals surface area contributed by atoms with Gasteiger partial charge in [-0.1, -0.05) is 11.3 Å². The Kier molecular flexibility index (Phi) is 2.60. The van der Waals surface area contributed by atoms with Crippen molar-refractivity contribution in [3.8, 4) is 0 Å².